The lowest BCUT2D eigenvalue weighted by atomic mass is 9.71. The Morgan fingerprint density at radius 3 is 1.49 bits per heavy atom. The summed E-state index contributed by atoms with van der Waals surface area (Å²) in [4.78, 5) is 0. The first-order valence-electron chi connectivity index (χ1n) is 16.6. The zero-order valence-corrected chi connectivity index (χ0v) is 29.5. The number of hydrogen-bond acceptors (Lipinski definition) is 2. The molecule has 0 fully saturated rings. The van der Waals surface area contributed by atoms with Crippen LogP contribution in [0, 0.1) is 0 Å². The number of aryl methyl sites for hydroxylation is 2. The Morgan fingerprint density at radius 1 is 0.511 bits per heavy atom. The van der Waals surface area contributed by atoms with Crippen molar-refractivity contribution in [2.45, 2.75) is 98.3 Å². The van der Waals surface area contributed by atoms with Crippen molar-refractivity contribution in [2.75, 3.05) is 14.2 Å². The molecule has 6 rings (SSSR count). The van der Waals surface area contributed by atoms with Crippen LogP contribution in [0.4, 0.5) is 0 Å². The zero-order chi connectivity index (χ0) is 32.6. The normalized spacial score (nSPS) is 14.1. The van der Waals surface area contributed by atoms with E-state index >= 15 is 0 Å². The molecular formula is C43H50O2. The van der Waals surface area contributed by atoms with Gasteiger partial charge in [0, 0.05) is 5.41 Å². The van der Waals surface area contributed by atoms with Crippen molar-refractivity contribution in [3.8, 4) is 33.8 Å². The molecular weight excluding hydrogens is 548 g/mol. The number of fused-ring (bicyclic) bond motifs is 5. The number of benzene rings is 5. The molecule has 0 aromatic heterocycles. The molecule has 0 amide bonds. The minimum atomic E-state index is -0.129. The lowest BCUT2D eigenvalue weighted by molar-refractivity contribution is 0.413. The maximum absolute atomic E-state index is 5.68. The Hall–Kier alpha value is -3.78. The predicted octanol–water partition coefficient (Wildman–Crippen LogP) is 11.7. The van der Waals surface area contributed by atoms with Gasteiger partial charge in [-0.15, -0.1) is 0 Å². The van der Waals surface area contributed by atoms with Crippen molar-refractivity contribution in [2.24, 2.45) is 0 Å². The third-order valence-electron chi connectivity index (χ3n) is 10.2. The van der Waals surface area contributed by atoms with Crippen LogP contribution in [0.5, 0.6) is 11.5 Å². The van der Waals surface area contributed by atoms with Crippen molar-refractivity contribution in [3.63, 3.8) is 0 Å². The average molecular weight is 599 g/mol. The van der Waals surface area contributed by atoms with Crippen molar-refractivity contribution in [1.82, 2.24) is 0 Å². The van der Waals surface area contributed by atoms with E-state index in [1.165, 1.54) is 77.2 Å². The van der Waals surface area contributed by atoms with E-state index in [1.54, 1.807) is 14.2 Å². The minimum absolute atomic E-state index is 0.0563. The van der Waals surface area contributed by atoms with Crippen LogP contribution < -0.4 is 9.47 Å². The Kier molecular flexibility index (Phi) is 7.39. The molecule has 1 aliphatic carbocycles. The summed E-state index contributed by atoms with van der Waals surface area (Å²) < 4.78 is 11.3. The van der Waals surface area contributed by atoms with Crippen LogP contribution in [0.1, 0.15) is 103 Å². The molecule has 0 bridgehead atoms. The largest absolute Gasteiger partial charge is 0.497 e. The van der Waals surface area contributed by atoms with Gasteiger partial charge in [-0.05, 0) is 143 Å². The SMILES string of the molecule is CCc1cc(OC)ccc1-c1cc2c(C(C)(C)C)c3cc4c(cc3c(C(C)(C)C)c2cc1CC)-c1ccc(OC)cc1C4(C)C. The van der Waals surface area contributed by atoms with Gasteiger partial charge in [0.25, 0.3) is 0 Å². The minimum Gasteiger partial charge on any atom is -0.497 e. The molecule has 2 heteroatoms. The highest BCUT2D eigenvalue weighted by Crippen LogP contribution is 2.54. The third kappa shape index (κ3) is 4.84. The highest BCUT2D eigenvalue weighted by Gasteiger charge is 2.38. The Balaban J connectivity index is 1.80. The van der Waals surface area contributed by atoms with Gasteiger partial charge in [-0.2, -0.15) is 0 Å². The Bertz CT molecular complexity index is 1980. The van der Waals surface area contributed by atoms with E-state index in [1.807, 2.05) is 0 Å². The van der Waals surface area contributed by atoms with E-state index < -0.39 is 0 Å². The van der Waals surface area contributed by atoms with Gasteiger partial charge >= 0.3 is 0 Å². The van der Waals surface area contributed by atoms with Crippen LogP contribution in [0.15, 0.2) is 60.7 Å². The summed E-state index contributed by atoms with van der Waals surface area (Å²) in [6.45, 7) is 23.6. The Morgan fingerprint density at radius 2 is 0.956 bits per heavy atom. The molecule has 2 nitrogen and oxygen atoms in total. The molecule has 0 radical (unpaired) electrons. The molecule has 0 spiro atoms. The zero-order valence-electron chi connectivity index (χ0n) is 29.5. The molecule has 45 heavy (non-hydrogen) atoms. The number of rotatable bonds is 5. The highest BCUT2D eigenvalue weighted by atomic mass is 16.5. The van der Waals surface area contributed by atoms with E-state index in [4.69, 9.17) is 9.47 Å². The maximum Gasteiger partial charge on any atom is 0.119 e. The van der Waals surface area contributed by atoms with Gasteiger partial charge in [0.2, 0.25) is 0 Å². The first-order valence-corrected chi connectivity index (χ1v) is 16.6. The fourth-order valence-electron chi connectivity index (χ4n) is 8.06. The summed E-state index contributed by atoms with van der Waals surface area (Å²) in [5, 5.41) is 5.53. The number of hydrogen-bond donors (Lipinski definition) is 0. The molecule has 1 aliphatic rings. The summed E-state index contributed by atoms with van der Waals surface area (Å²) >= 11 is 0. The van der Waals surface area contributed by atoms with E-state index in [0.717, 1.165) is 24.3 Å². The van der Waals surface area contributed by atoms with Crippen LogP contribution >= 0.6 is 0 Å². The summed E-state index contributed by atoms with van der Waals surface area (Å²) in [6, 6.07) is 23.3. The fourth-order valence-corrected chi connectivity index (χ4v) is 8.06. The van der Waals surface area contributed by atoms with Crippen molar-refractivity contribution >= 4 is 21.5 Å². The van der Waals surface area contributed by atoms with Crippen LogP contribution in [-0.4, -0.2) is 14.2 Å². The second-order valence-electron chi connectivity index (χ2n) is 15.5. The first-order chi connectivity index (χ1) is 21.1. The molecule has 0 N–H and O–H groups in total. The highest BCUT2D eigenvalue weighted by molar-refractivity contribution is 6.11. The van der Waals surface area contributed by atoms with Gasteiger partial charge in [-0.1, -0.05) is 87.4 Å². The molecule has 5 aromatic carbocycles. The van der Waals surface area contributed by atoms with E-state index in [2.05, 4.69) is 130 Å². The van der Waals surface area contributed by atoms with Gasteiger partial charge in [-0.25, -0.2) is 0 Å². The molecule has 0 saturated carbocycles. The van der Waals surface area contributed by atoms with Gasteiger partial charge in [0.1, 0.15) is 11.5 Å². The van der Waals surface area contributed by atoms with Crippen LogP contribution in [0.2, 0.25) is 0 Å². The average Bonchev–Trinajstić information content (AvgIpc) is 3.21. The predicted molar refractivity (Wildman–Crippen MR) is 194 cm³/mol. The smallest absolute Gasteiger partial charge is 0.119 e. The molecule has 5 aromatic rings. The number of methoxy groups -OCH3 is 2. The molecule has 0 heterocycles. The lowest BCUT2D eigenvalue weighted by Gasteiger charge is -2.32. The van der Waals surface area contributed by atoms with Gasteiger partial charge in [0.15, 0.2) is 0 Å². The topological polar surface area (TPSA) is 18.5 Å². The van der Waals surface area contributed by atoms with Crippen molar-refractivity contribution in [1.29, 1.82) is 0 Å². The van der Waals surface area contributed by atoms with Crippen LogP contribution in [0.3, 0.4) is 0 Å². The summed E-state index contributed by atoms with van der Waals surface area (Å²) in [5.41, 5.74) is 13.4. The van der Waals surface area contributed by atoms with E-state index in [0.29, 0.717) is 0 Å². The molecule has 0 unspecified atom stereocenters. The Labute approximate surface area is 270 Å². The second-order valence-corrected chi connectivity index (χ2v) is 15.5. The van der Waals surface area contributed by atoms with Gasteiger partial charge in [0.05, 0.1) is 14.2 Å². The van der Waals surface area contributed by atoms with Crippen LogP contribution in [0.25, 0.3) is 43.8 Å². The standard InChI is InChI=1S/C43H50O2/c1-13-25-19-27(44-11)15-17-29(25)31-22-34-33(20-26(31)14-2)39(41(3,4)5)35-23-32-30-18-16-28(45-12)21-37(30)43(9,10)38(32)24-36(35)40(34)42(6,7)8/h15-24H,13-14H2,1-12H3. The second kappa shape index (κ2) is 10.6. The monoisotopic (exact) mass is 598 g/mol. The fraction of sp³-hybridized carbons (Fsp3) is 0.395. The summed E-state index contributed by atoms with van der Waals surface area (Å²) in [6.07, 6.45) is 1.93. The van der Waals surface area contributed by atoms with Crippen molar-refractivity contribution in [3.05, 3.63) is 94.0 Å². The number of ether oxygens (including phenoxy) is 2. The third-order valence-corrected chi connectivity index (χ3v) is 10.2. The molecule has 0 saturated heterocycles. The van der Waals surface area contributed by atoms with E-state index in [9.17, 15) is 0 Å². The first kappa shape index (κ1) is 31.2. The molecule has 234 valence electrons. The summed E-state index contributed by atoms with van der Waals surface area (Å²) in [5.74, 6) is 1.83. The summed E-state index contributed by atoms with van der Waals surface area (Å²) in [7, 11) is 3.51. The van der Waals surface area contributed by atoms with E-state index in [-0.39, 0.29) is 16.2 Å². The lowest BCUT2D eigenvalue weighted by Crippen LogP contribution is -2.19. The maximum atomic E-state index is 5.68. The van der Waals surface area contributed by atoms with Crippen molar-refractivity contribution < 1.29 is 9.47 Å². The molecule has 0 atom stereocenters. The quantitative estimate of drug-likeness (QED) is 0.187. The van der Waals surface area contributed by atoms with Gasteiger partial charge in [-0.3, -0.25) is 0 Å². The molecule has 0 aliphatic heterocycles. The van der Waals surface area contributed by atoms with Crippen LogP contribution in [-0.2, 0) is 29.1 Å². The van der Waals surface area contributed by atoms with Gasteiger partial charge < -0.3 is 9.47 Å².